The number of hydrogen-bond donors (Lipinski definition) is 2. The van der Waals surface area contributed by atoms with Crippen LogP contribution in [0, 0.1) is 19.8 Å². The van der Waals surface area contributed by atoms with E-state index in [9.17, 15) is 0 Å². The van der Waals surface area contributed by atoms with Crippen molar-refractivity contribution in [2.24, 2.45) is 10.9 Å². The molecule has 1 aromatic rings. The van der Waals surface area contributed by atoms with Crippen LogP contribution in [0.15, 0.2) is 11.1 Å². The van der Waals surface area contributed by atoms with Gasteiger partial charge in [0, 0.05) is 38.5 Å². The average Bonchev–Trinajstić information content (AvgIpc) is 3.22. The van der Waals surface area contributed by atoms with Crippen LogP contribution >= 0.6 is 0 Å². The third-order valence-electron chi connectivity index (χ3n) is 3.67. The summed E-state index contributed by atoms with van der Waals surface area (Å²) in [5.74, 6) is 1.35. The van der Waals surface area contributed by atoms with E-state index in [-0.39, 0.29) is 0 Å². The van der Waals surface area contributed by atoms with Crippen LogP contribution in [0.1, 0.15) is 31.2 Å². The molecule has 1 unspecified atom stereocenters. The minimum Gasteiger partial charge on any atom is -0.383 e. The topological polar surface area (TPSA) is 63.5 Å². The molecule has 1 aliphatic rings. The van der Waals surface area contributed by atoms with Crippen molar-refractivity contribution >= 4 is 5.96 Å². The maximum Gasteiger partial charge on any atom is 0.191 e. The number of aromatic nitrogens is 2. The number of guanidine groups is 1. The molecule has 0 bridgehead atoms. The molecule has 1 saturated carbocycles. The van der Waals surface area contributed by atoms with Crippen molar-refractivity contribution in [3.8, 4) is 0 Å². The molecular weight excluding hydrogens is 278 g/mol. The maximum absolute atomic E-state index is 5.08. The molecule has 124 valence electrons. The molecule has 6 nitrogen and oxygen atoms in total. The zero-order chi connectivity index (χ0) is 15.9. The van der Waals surface area contributed by atoms with Gasteiger partial charge in [-0.05, 0) is 38.7 Å². The van der Waals surface area contributed by atoms with E-state index in [4.69, 9.17) is 9.73 Å². The van der Waals surface area contributed by atoms with Gasteiger partial charge in [-0.2, -0.15) is 5.10 Å². The van der Waals surface area contributed by atoms with Crippen molar-refractivity contribution in [1.82, 2.24) is 20.4 Å². The molecule has 1 atom stereocenters. The first-order valence-corrected chi connectivity index (χ1v) is 8.13. The number of aliphatic imine (C=N–C) groups is 1. The van der Waals surface area contributed by atoms with Gasteiger partial charge in [0.2, 0.25) is 0 Å². The van der Waals surface area contributed by atoms with E-state index in [0.717, 1.165) is 31.3 Å². The minimum atomic E-state index is 0.443. The maximum atomic E-state index is 5.08. The molecule has 0 amide bonds. The molecule has 1 heterocycles. The van der Waals surface area contributed by atoms with Gasteiger partial charge in [-0.3, -0.25) is 9.67 Å². The Bertz CT molecular complexity index is 493. The summed E-state index contributed by atoms with van der Waals surface area (Å²) in [5.41, 5.74) is 2.29. The van der Waals surface area contributed by atoms with Crippen molar-refractivity contribution in [3.63, 3.8) is 0 Å². The Morgan fingerprint density at radius 1 is 1.50 bits per heavy atom. The van der Waals surface area contributed by atoms with Gasteiger partial charge >= 0.3 is 0 Å². The Morgan fingerprint density at radius 2 is 2.27 bits per heavy atom. The molecule has 2 N–H and O–H groups in total. The van der Waals surface area contributed by atoms with Crippen molar-refractivity contribution < 1.29 is 4.74 Å². The van der Waals surface area contributed by atoms with Gasteiger partial charge < -0.3 is 15.4 Å². The summed E-state index contributed by atoms with van der Waals surface area (Å²) in [4.78, 5) is 4.71. The normalized spacial score (nSPS) is 16.6. The molecule has 6 heteroatoms. The fraction of sp³-hybridized carbons (Fsp3) is 0.750. The van der Waals surface area contributed by atoms with Gasteiger partial charge in [0.05, 0.1) is 12.3 Å². The SMILES string of the molecule is COCCNC(=NCC(C)Cn1nc(C)cc1C)NC1CC1. The highest BCUT2D eigenvalue weighted by atomic mass is 16.5. The Morgan fingerprint density at radius 3 is 2.86 bits per heavy atom. The van der Waals surface area contributed by atoms with Gasteiger partial charge in [-0.15, -0.1) is 0 Å². The second-order valence-corrected chi connectivity index (χ2v) is 6.24. The van der Waals surface area contributed by atoms with E-state index in [0.29, 0.717) is 18.6 Å². The molecule has 0 spiro atoms. The van der Waals surface area contributed by atoms with Gasteiger partial charge in [-0.25, -0.2) is 0 Å². The lowest BCUT2D eigenvalue weighted by Gasteiger charge is -2.14. The minimum absolute atomic E-state index is 0.443. The fourth-order valence-corrected chi connectivity index (χ4v) is 2.30. The molecule has 0 aliphatic heterocycles. The lowest BCUT2D eigenvalue weighted by atomic mass is 10.2. The van der Waals surface area contributed by atoms with Crippen molar-refractivity contribution in [3.05, 3.63) is 17.5 Å². The van der Waals surface area contributed by atoms with E-state index >= 15 is 0 Å². The zero-order valence-electron chi connectivity index (χ0n) is 14.2. The van der Waals surface area contributed by atoms with Crippen LogP contribution in [0.25, 0.3) is 0 Å². The third-order valence-corrected chi connectivity index (χ3v) is 3.67. The summed E-state index contributed by atoms with van der Waals surface area (Å²) < 4.78 is 7.15. The lowest BCUT2D eigenvalue weighted by molar-refractivity contribution is 0.203. The number of methoxy groups -OCH3 is 1. The molecule has 1 aliphatic carbocycles. The monoisotopic (exact) mass is 307 g/mol. The molecule has 0 aromatic carbocycles. The highest BCUT2D eigenvalue weighted by Gasteiger charge is 2.22. The number of nitrogens with zero attached hydrogens (tertiary/aromatic N) is 3. The second-order valence-electron chi connectivity index (χ2n) is 6.24. The Balaban J connectivity index is 1.83. The first-order chi connectivity index (χ1) is 10.6. The molecule has 1 fully saturated rings. The molecule has 2 rings (SSSR count). The van der Waals surface area contributed by atoms with E-state index in [2.05, 4.69) is 40.3 Å². The van der Waals surface area contributed by atoms with Gasteiger partial charge in [0.15, 0.2) is 5.96 Å². The van der Waals surface area contributed by atoms with Crippen molar-refractivity contribution in [2.75, 3.05) is 26.8 Å². The third kappa shape index (κ3) is 5.67. The smallest absolute Gasteiger partial charge is 0.191 e. The predicted molar refractivity (Wildman–Crippen MR) is 89.2 cm³/mol. The standard InChI is InChI=1S/C16H29N5O/c1-12(11-21-14(3)9-13(2)20-21)10-18-16(17-7-8-22-4)19-15-5-6-15/h9,12,15H,5-8,10-11H2,1-4H3,(H2,17,18,19). The number of aryl methyl sites for hydroxylation is 2. The molecule has 1 aromatic heterocycles. The van der Waals surface area contributed by atoms with Gasteiger partial charge in [0.25, 0.3) is 0 Å². The van der Waals surface area contributed by atoms with Crippen molar-refractivity contribution in [1.29, 1.82) is 0 Å². The van der Waals surface area contributed by atoms with Gasteiger partial charge in [-0.1, -0.05) is 6.92 Å². The molecule has 0 saturated heterocycles. The highest BCUT2D eigenvalue weighted by Crippen LogP contribution is 2.18. The number of hydrogen-bond acceptors (Lipinski definition) is 3. The highest BCUT2D eigenvalue weighted by molar-refractivity contribution is 5.80. The fourth-order valence-electron chi connectivity index (χ4n) is 2.30. The summed E-state index contributed by atoms with van der Waals surface area (Å²) in [5, 5.41) is 11.3. The Kier molecular flexibility index (Phi) is 6.24. The zero-order valence-corrected chi connectivity index (χ0v) is 14.2. The number of rotatable bonds is 8. The summed E-state index contributed by atoms with van der Waals surface area (Å²) in [6.45, 7) is 9.49. The van der Waals surface area contributed by atoms with Crippen LogP contribution < -0.4 is 10.6 Å². The Hall–Kier alpha value is -1.56. The molecular formula is C16H29N5O. The summed E-state index contributed by atoms with van der Waals surface area (Å²) >= 11 is 0. The van der Waals surface area contributed by atoms with E-state index < -0.39 is 0 Å². The van der Waals surface area contributed by atoms with Crippen LogP contribution in [0.2, 0.25) is 0 Å². The van der Waals surface area contributed by atoms with Gasteiger partial charge in [0.1, 0.15) is 0 Å². The quantitative estimate of drug-likeness (QED) is 0.434. The Labute approximate surface area is 133 Å². The van der Waals surface area contributed by atoms with Crippen LogP contribution in [0.5, 0.6) is 0 Å². The van der Waals surface area contributed by atoms with E-state index in [1.165, 1.54) is 18.5 Å². The summed E-state index contributed by atoms with van der Waals surface area (Å²) in [6.07, 6.45) is 2.48. The lowest BCUT2D eigenvalue weighted by Crippen LogP contribution is -2.40. The molecule has 0 radical (unpaired) electrons. The van der Waals surface area contributed by atoms with Crippen LogP contribution in [-0.4, -0.2) is 48.6 Å². The van der Waals surface area contributed by atoms with E-state index in [1.807, 2.05) is 6.92 Å². The van der Waals surface area contributed by atoms with E-state index in [1.54, 1.807) is 7.11 Å². The predicted octanol–water partition coefficient (Wildman–Crippen LogP) is 1.48. The first kappa shape index (κ1) is 16.8. The second kappa shape index (κ2) is 8.17. The largest absolute Gasteiger partial charge is 0.383 e. The molecule has 22 heavy (non-hydrogen) atoms. The van der Waals surface area contributed by atoms with Crippen LogP contribution in [0.4, 0.5) is 0 Å². The summed E-state index contributed by atoms with van der Waals surface area (Å²) in [6, 6.07) is 2.71. The van der Waals surface area contributed by atoms with Crippen molar-refractivity contribution in [2.45, 2.75) is 46.2 Å². The number of nitrogens with one attached hydrogen (secondary N) is 2. The first-order valence-electron chi connectivity index (χ1n) is 8.13. The van der Waals surface area contributed by atoms with Crippen LogP contribution in [-0.2, 0) is 11.3 Å². The summed E-state index contributed by atoms with van der Waals surface area (Å²) in [7, 11) is 1.71. The average molecular weight is 307 g/mol. The number of ether oxygens (including phenoxy) is 1. The van der Waals surface area contributed by atoms with Crippen LogP contribution in [0.3, 0.4) is 0 Å².